The summed E-state index contributed by atoms with van der Waals surface area (Å²) in [5.74, 6) is 0. The van der Waals surface area contributed by atoms with E-state index in [9.17, 15) is 0 Å². The smallest absolute Gasteiger partial charge is 0.165 e. The van der Waals surface area contributed by atoms with Crippen LogP contribution in [0.3, 0.4) is 0 Å². The van der Waals surface area contributed by atoms with Crippen LogP contribution in [0.1, 0.15) is 22.3 Å². The maximum absolute atomic E-state index is 4.85. The van der Waals surface area contributed by atoms with E-state index in [2.05, 4.69) is 123 Å². The SMILES string of the molecule is Cc1cc(-c2ccnc3c2ncn3-c2cc(C)c(-c3ccccc3)c(C)c2)cc(C)c1-c1ccccc1. The van der Waals surface area contributed by atoms with Gasteiger partial charge in [0.1, 0.15) is 11.8 Å². The van der Waals surface area contributed by atoms with E-state index in [1.165, 1.54) is 50.1 Å². The fourth-order valence-corrected chi connectivity index (χ4v) is 5.66. The zero-order valence-electron chi connectivity index (χ0n) is 21.7. The third-order valence-corrected chi connectivity index (χ3v) is 7.20. The van der Waals surface area contributed by atoms with Crippen LogP contribution in [0.4, 0.5) is 0 Å². The highest BCUT2D eigenvalue weighted by Gasteiger charge is 2.16. The molecular weight excluding hydrogens is 450 g/mol. The van der Waals surface area contributed by atoms with Crippen molar-refractivity contribution in [3.8, 4) is 39.1 Å². The lowest BCUT2D eigenvalue weighted by molar-refractivity contribution is 1.06. The molecule has 4 aromatic carbocycles. The second-order valence-electron chi connectivity index (χ2n) is 9.82. The number of hydrogen-bond donors (Lipinski definition) is 0. The maximum atomic E-state index is 4.85. The minimum absolute atomic E-state index is 0.867. The van der Waals surface area contributed by atoms with Crippen molar-refractivity contribution in [3.63, 3.8) is 0 Å². The molecule has 0 spiro atoms. The third-order valence-electron chi connectivity index (χ3n) is 7.20. The van der Waals surface area contributed by atoms with E-state index in [1.54, 1.807) is 0 Å². The topological polar surface area (TPSA) is 30.7 Å². The highest BCUT2D eigenvalue weighted by Crippen LogP contribution is 2.35. The lowest BCUT2D eigenvalue weighted by Crippen LogP contribution is -1.98. The normalized spacial score (nSPS) is 11.2. The first-order chi connectivity index (χ1) is 18.0. The molecule has 0 fully saturated rings. The van der Waals surface area contributed by atoms with Gasteiger partial charge in [-0.3, -0.25) is 4.57 Å². The van der Waals surface area contributed by atoms with Crippen molar-refractivity contribution in [2.75, 3.05) is 0 Å². The molecule has 0 radical (unpaired) electrons. The van der Waals surface area contributed by atoms with Gasteiger partial charge in [0.05, 0.1) is 0 Å². The summed E-state index contributed by atoms with van der Waals surface area (Å²) in [6.45, 7) is 8.73. The molecule has 180 valence electrons. The van der Waals surface area contributed by atoms with Crippen LogP contribution in [0.2, 0.25) is 0 Å². The average molecular weight is 480 g/mol. The predicted molar refractivity (Wildman–Crippen MR) is 154 cm³/mol. The highest BCUT2D eigenvalue weighted by atomic mass is 15.1. The Bertz CT molecular complexity index is 1700. The van der Waals surface area contributed by atoms with Crippen molar-refractivity contribution in [2.45, 2.75) is 27.7 Å². The van der Waals surface area contributed by atoms with Crippen LogP contribution in [-0.2, 0) is 0 Å². The summed E-state index contributed by atoms with van der Waals surface area (Å²) in [6.07, 6.45) is 3.79. The van der Waals surface area contributed by atoms with Crippen LogP contribution in [0.25, 0.3) is 50.2 Å². The van der Waals surface area contributed by atoms with E-state index >= 15 is 0 Å². The van der Waals surface area contributed by atoms with E-state index in [4.69, 9.17) is 9.97 Å². The second kappa shape index (κ2) is 9.18. The number of rotatable bonds is 4. The van der Waals surface area contributed by atoms with Gasteiger partial charge in [-0.2, -0.15) is 0 Å². The molecule has 0 aliphatic rings. The summed E-state index contributed by atoms with van der Waals surface area (Å²) >= 11 is 0. The Hall–Kier alpha value is -4.50. The quantitative estimate of drug-likeness (QED) is 0.253. The standard InChI is InChI=1S/C34H29N3/c1-22-17-28(18-23(2)31(22)26-11-7-5-8-12-26)30-15-16-35-34-33(30)36-21-37(34)29-19-24(3)32(25(4)20-29)27-13-9-6-10-14-27/h5-21H,1-4H3. The van der Waals surface area contributed by atoms with Gasteiger partial charge in [-0.1, -0.05) is 72.8 Å². The number of fused-ring (bicyclic) bond motifs is 1. The number of nitrogens with zero attached hydrogens (tertiary/aromatic N) is 3. The number of pyridine rings is 1. The summed E-state index contributed by atoms with van der Waals surface area (Å²) in [5, 5.41) is 0. The monoisotopic (exact) mass is 479 g/mol. The fourth-order valence-electron chi connectivity index (χ4n) is 5.66. The van der Waals surface area contributed by atoms with E-state index < -0.39 is 0 Å². The molecule has 0 saturated carbocycles. The lowest BCUT2D eigenvalue weighted by atomic mass is 9.91. The molecule has 6 aromatic rings. The van der Waals surface area contributed by atoms with Gasteiger partial charge in [0, 0.05) is 17.4 Å². The Morgan fingerprint density at radius 3 is 1.59 bits per heavy atom. The Morgan fingerprint density at radius 1 is 0.541 bits per heavy atom. The largest absolute Gasteiger partial charge is 0.283 e. The van der Waals surface area contributed by atoms with E-state index in [-0.39, 0.29) is 0 Å². The van der Waals surface area contributed by atoms with Gasteiger partial charge in [-0.05, 0) is 96.0 Å². The van der Waals surface area contributed by atoms with E-state index in [0.717, 1.165) is 22.4 Å². The number of imidazole rings is 1. The van der Waals surface area contributed by atoms with E-state index in [0.29, 0.717) is 0 Å². The van der Waals surface area contributed by atoms with Crippen molar-refractivity contribution in [3.05, 3.63) is 126 Å². The van der Waals surface area contributed by atoms with Crippen molar-refractivity contribution in [2.24, 2.45) is 0 Å². The van der Waals surface area contributed by atoms with Gasteiger partial charge in [-0.25, -0.2) is 9.97 Å². The van der Waals surface area contributed by atoms with Crippen LogP contribution in [0.15, 0.2) is 104 Å². The minimum atomic E-state index is 0.867. The molecule has 0 unspecified atom stereocenters. The van der Waals surface area contributed by atoms with Gasteiger partial charge in [0.2, 0.25) is 0 Å². The molecule has 3 nitrogen and oxygen atoms in total. The van der Waals surface area contributed by atoms with Gasteiger partial charge >= 0.3 is 0 Å². The first-order valence-corrected chi connectivity index (χ1v) is 12.7. The molecule has 2 aromatic heterocycles. The number of aryl methyl sites for hydroxylation is 4. The Kier molecular flexibility index (Phi) is 5.69. The zero-order chi connectivity index (χ0) is 25.5. The van der Waals surface area contributed by atoms with Crippen LogP contribution in [-0.4, -0.2) is 14.5 Å². The van der Waals surface area contributed by atoms with Crippen LogP contribution in [0, 0.1) is 27.7 Å². The lowest BCUT2D eigenvalue weighted by Gasteiger charge is -2.15. The van der Waals surface area contributed by atoms with Gasteiger partial charge in [-0.15, -0.1) is 0 Å². The van der Waals surface area contributed by atoms with Crippen molar-refractivity contribution in [1.82, 2.24) is 14.5 Å². The predicted octanol–water partition coefficient (Wildman–Crippen LogP) is 8.66. The maximum Gasteiger partial charge on any atom is 0.165 e. The number of aromatic nitrogens is 3. The molecule has 3 heteroatoms. The number of hydrogen-bond acceptors (Lipinski definition) is 2. The summed E-state index contributed by atoms with van der Waals surface area (Å²) in [4.78, 5) is 9.61. The highest BCUT2D eigenvalue weighted by molar-refractivity contribution is 5.92. The molecular formula is C34H29N3. The molecule has 37 heavy (non-hydrogen) atoms. The fraction of sp³-hybridized carbons (Fsp3) is 0.118. The summed E-state index contributed by atoms with van der Waals surface area (Å²) in [6, 6.07) is 32.2. The van der Waals surface area contributed by atoms with Gasteiger partial charge < -0.3 is 0 Å². The molecule has 0 amide bonds. The Labute approximate surface area is 218 Å². The van der Waals surface area contributed by atoms with Gasteiger partial charge in [0.25, 0.3) is 0 Å². The second-order valence-corrected chi connectivity index (χ2v) is 9.82. The number of benzene rings is 4. The molecule has 6 rings (SSSR count). The first-order valence-electron chi connectivity index (χ1n) is 12.7. The van der Waals surface area contributed by atoms with Gasteiger partial charge in [0.15, 0.2) is 5.65 Å². The summed E-state index contributed by atoms with van der Waals surface area (Å²) in [5.41, 5.74) is 15.2. The van der Waals surface area contributed by atoms with Crippen molar-refractivity contribution in [1.29, 1.82) is 0 Å². The summed E-state index contributed by atoms with van der Waals surface area (Å²) < 4.78 is 2.10. The molecule has 2 heterocycles. The zero-order valence-corrected chi connectivity index (χ0v) is 21.7. The molecule has 0 bridgehead atoms. The van der Waals surface area contributed by atoms with Crippen LogP contribution in [0.5, 0.6) is 0 Å². The van der Waals surface area contributed by atoms with Crippen molar-refractivity contribution < 1.29 is 0 Å². The summed E-state index contributed by atoms with van der Waals surface area (Å²) in [7, 11) is 0. The molecule has 0 saturated heterocycles. The minimum Gasteiger partial charge on any atom is -0.283 e. The van der Waals surface area contributed by atoms with Crippen LogP contribution >= 0.6 is 0 Å². The van der Waals surface area contributed by atoms with E-state index in [1.807, 2.05) is 12.5 Å². The van der Waals surface area contributed by atoms with Crippen molar-refractivity contribution >= 4 is 11.2 Å². The molecule has 0 aliphatic heterocycles. The Morgan fingerprint density at radius 2 is 1.05 bits per heavy atom. The third kappa shape index (κ3) is 4.03. The molecule has 0 atom stereocenters. The molecule has 0 N–H and O–H groups in total. The molecule has 0 aliphatic carbocycles. The Balaban J connectivity index is 1.45. The van der Waals surface area contributed by atoms with Crippen LogP contribution < -0.4 is 0 Å². The average Bonchev–Trinajstić information content (AvgIpc) is 3.33. The first kappa shape index (κ1) is 22.9.